The molecule has 0 radical (unpaired) electrons. The number of rotatable bonds is 8. The third-order valence-corrected chi connectivity index (χ3v) is 11.0. The molecule has 5 heterocycles. The van der Waals surface area contributed by atoms with E-state index in [0.29, 0.717) is 28.7 Å². The number of hydrogen-bond donors (Lipinski definition) is 1. The highest BCUT2D eigenvalue weighted by Gasteiger charge is 2.49. The van der Waals surface area contributed by atoms with Crippen molar-refractivity contribution >= 4 is 53.7 Å². The average Bonchev–Trinajstić information content (AvgIpc) is 3.68. The Labute approximate surface area is 269 Å². The largest absolute Gasteiger partial charge is 0.444 e. The summed E-state index contributed by atoms with van der Waals surface area (Å²) in [6.07, 6.45) is 4.20. The van der Waals surface area contributed by atoms with Crippen molar-refractivity contribution in [2.75, 3.05) is 11.5 Å². The number of aryl methyl sites for hydroxylation is 1. The monoisotopic (exact) mass is 653 g/mol. The van der Waals surface area contributed by atoms with Crippen LogP contribution in [0.4, 0.5) is 10.7 Å². The van der Waals surface area contributed by atoms with Crippen molar-refractivity contribution in [3.8, 4) is 11.1 Å². The normalized spacial score (nSPS) is 20.1. The van der Waals surface area contributed by atoms with E-state index in [1.807, 2.05) is 56.8 Å². The molecule has 11 nitrogen and oxygen atoms in total. The van der Waals surface area contributed by atoms with E-state index in [4.69, 9.17) is 26.1 Å². The third kappa shape index (κ3) is 6.11. The first-order valence-electron chi connectivity index (χ1n) is 15.7. The minimum Gasteiger partial charge on any atom is -0.444 e. The highest BCUT2D eigenvalue weighted by Crippen LogP contribution is 2.41. The fourth-order valence-electron chi connectivity index (χ4n) is 6.64. The molecule has 13 heteroatoms. The highest BCUT2D eigenvalue weighted by atomic mass is 35.5. The Kier molecular flexibility index (Phi) is 8.06. The molecular formula is C32H44ClN7O4Si. The summed E-state index contributed by atoms with van der Waals surface area (Å²) in [4.78, 5) is 34.3. The third-order valence-electron chi connectivity index (χ3n) is 8.84. The van der Waals surface area contributed by atoms with Crippen molar-refractivity contribution in [2.24, 2.45) is 14.1 Å². The summed E-state index contributed by atoms with van der Waals surface area (Å²) in [6.45, 7) is 13.5. The molecule has 242 valence electrons. The van der Waals surface area contributed by atoms with E-state index < -0.39 is 19.8 Å². The molecule has 1 aromatic carbocycles. The van der Waals surface area contributed by atoms with Crippen molar-refractivity contribution in [1.82, 2.24) is 29.2 Å². The van der Waals surface area contributed by atoms with E-state index in [0.717, 1.165) is 47.3 Å². The highest BCUT2D eigenvalue weighted by molar-refractivity contribution is 6.76. The van der Waals surface area contributed by atoms with Gasteiger partial charge >= 0.3 is 6.09 Å². The van der Waals surface area contributed by atoms with Gasteiger partial charge in [-0.05, 0) is 63.8 Å². The van der Waals surface area contributed by atoms with E-state index >= 15 is 0 Å². The Balaban J connectivity index is 1.40. The van der Waals surface area contributed by atoms with Crippen molar-refractivity contribution in [2.45, 2.75) is 96.2 Å². The molecule has 6 rings (SSSR count). The maximum Gasteiger partial charge on any atom is 0.407 e. The van der Waals surface area contributed by atoms with Gasteiger partial charge in [-0.25, -0.2) is 4.79 Å². The van der Waals surface area contributed by atoms with Crippen LogP contribution >= 0.6 is 11.6 Å². The molecule has 1 N–H and O–H groups in total. The van der Waals surface area contributed by atoms with E-state index in [1.165, 1.54) is 0 Å². The van der Waals surface area contributed by atoms with Gasteiger partial charge in [-0.15, -0.1) is 0 Å². The lowest BCUT2D eigenvalue weighted by Crippen LogP contribution is -2.46. The summed E-state index contributed by atoms with van der Waals surface area (Å²) in [7, 11) is 2.32. The Hall–Kier alpha value is -3.35. The summed E-state index contributed by atoms with van der Waals surface area (Å²) < 4.78 is 17.0. The average molecular weight is 654 g/mol. The molecule has 1 amide bonds. The molecule has 0 spiro atoms. The van der Waals surface area contributed by atoms with Gasteiger partial charge < -0.3 is 24.3 Å². The molecule has 3 atom stereocenters. The van der Waals surface area contributed by atoms with Crippen LogP contribution in [-0.4, -0.2) is 68.4 Å². The topological polar surface area (TPSA) is 108 Å². The number of carbonyl (C=O) groups excluding carboxylic acids is 1. The van der Waals surface area contributed by atoms with E-state index in [2.05, 4.69) is 35.0 Å². The zero-order valence-corrected chi connectivity index (χ0v) is 29.2. The second-order valence-corrected chi connectivity index (χ2v) is 20.7. The molecule has 0 aliphatic carbocycles. The number of aromatic nitrogens is 5. The van der Waals surface area contributed by atoms with Crippen molar-refractivity contribution in [3.05, 3.63) is 39.9 Å². The fourth-order valence-corrected chi connectivity index (χ4v) is 7.59. The quantitative estimate of drug-likeness (QED) is 0.187. The van der Waals surface area contributed by atoms with Gasteiger partial charge in [-0.2, -0.15) is 10.1 Å². The van der Waals surface area contributed by atoms with Gasteiger partial charge in [-0.3, -0.25) is 14.0 Å². The lowest BCUT2D eigenvalue weighted by Gasteiger charge is -2.28. The fraction of sp³-hybridized carbons (Fsp3) is 0.562. The van der Waals surface area contributed by atoms with Crippen molar-refractivity contribution in [3.63, 3.8) is 0 Å². The molecule has 0 saturated carbocycles. The molecular weight excluding hydrogens is 610 g/mol. The van der Waals surface area contributed by atoms with Gasteiger partial charge in [0.1, 0.15) is 17.5 Å². The first-order chi connectivity index (χ1) is 21.1. The van der Waals surface area contributed by atoms with Gasteiger partial charge in [0.25, 0.3) is 5.56 Å². The molecule has 1 unspecified atom stereocenters. The van der Waals surface area contributed by atoms with Crippen LogP contribution in [0, 0.1) is 0 Å². The number of nitrogens with one attached hydrogen (secondary N) is 1. The Morgan fingerprint density at radius 3 is 2.64 bits per heavy atom. The van der Waals surface area contributed by atoms with Crippen LogP contribution in [0.3, 0.4) is 0 Å². The molecule has 2 fully saturated rings. The summed E-state index contributed by atoms with van der Waals surface area (Å²) in [5.74, 6) is 0.604. The van der Waals surface area contributed by atoms with Crippen LogP contribution in [0.15, 0.2) is 29.2 Å². The number of amides is 1. The Morgan fingerprint density at radius 1 is 1.18 bits per heavy atom. The second kappa shape index (κ2) is 11.5. The van der Waals surface area contributed by atoms with E-state index in [-0.39, 0.29) is 30.4 Å². The van der Waals surface area contributed by atoms with Crippen LogP contribution in [0.2, 0.25) is 30.8 Å². The van der Waals surface area contributed by atoms with Gasteiger partial charge in [0, 0.05) is 52.0 Å². The van der Waals surface area contributed by atoms with Gasteiger partial charge in [-0.1, -0.05) is 37.3 Å². The number of nitrogens with zero attached hydrogens (tertiary/aromatic N) is 6. The molecule has 2 aliphatic heterocycles. The lowest BCUT2D eigenvalue weighted by atomic mass is 9.96. The van der Waals surface area contributed by atoms with Gasteiger partial charge in [0.2, 0.25) is 5.95 Å². The summed E-state index contributed by atoms with van der Waals surface area (Å²) >= 11 is 6.56. The zero-order valence-electron chi connectivity index (χ0n) is 27.5. The van der Waals surface area contributed by atoms with Crippen molar-refractivity contribution in [1.29, 1.82) is 0 Å². The first-order valence-corrected chi connectivity index (χ1v) is 19.8. The molecule has 2 saturated heterocycles. The number of hydrogen-bond acceptors (Lipinski definition) is 7. The molecule has 3 aromatic heterocycles. The minimum atomic E-state index is -1.28. The summed E-state index contributed by atoms with van der Waals surface area (Å²) in [6, 6.07) is 7.01. The van der Waals surface area contributed by atoms with Crippen LogP contribution in [0.1, 0.15) is 40.0 Å². The number of alkyl carbamates (subject to hydrolysis) is 1. The Bertz CT molecular complexity index is 1830. The number of benzene rings is 1. The van der Waals surface area contributed by atoms with Gasteiger partial charge in [0.05, 0.1) is 23.0 Å². The van der Waals surface area contributed by atoms with Crippen LogP contribution < -0.4 is 15.8 Å². The number of anilines is 1. The number of carbonyl (C=O) groups is 1. The minimum absolute atomic E-state index is 0.0177. The predicted octanol–water partition coefficient (Wildman–Crippen LogP) is 5.89. The smallest absolute Gasteiger partial charge is 0.407 e. The number of halogens is 1. The molecule has 2 bridgehead atoms. The predicted molar refractivity (Wildman–Crippen MR) is 181 cm³/mol. The summed E-state index contributed by atoms with van der Waals surface area (Å²) in [5, 5.41) is 9.46. The number of ether oxygens (including phenoxy) is 2. The molecule has 2 aliphatic rings. The van der Waals surface area contributed by atoms with E-state index in [9.17, 15) is 9.59 Å². The second-order valence-electron chi connectivity index (χ2n) is 14.7. The lowest BCUT2D eigenvalue weighted by molar-refractivity contribution is 0.0497. The summed E-state index contributed by atoms with van der Waals surface area (Å²) in [5.41, 5.74) is 2.29. The van der Waals surface area contributed by atoms with E-state index in [1.54, 1.807) is 16.3 Å². The van der Waals surface area contributed by atoms with Crippen LogP contribution in [0.25, 0.3) is 33.1 Å². The van der Waals surface area contributed by atoms with Crippen LogP contribution in [0.5, 0.6) is 0 Å². The number of fused-ring (bicyclic) bond motifs is 4. The standard InChI is InChI=1S/C32H44ClN7O4Si/c1-32(2,3)44-31(42)34-24-16-20-10-12-25(24)40(20)30-35-28-26(29(41)37(30)4)22(17-39(28)18-43-13-14-45(6,7)8)19-9-11-23-21(15-19)27(33)38(5)36-23/h9,11,15,17,20,24-25H,10,12-14,16,18H2,1-8H3,(H,34,42)/t20-,24+,25?/m0/s1. The van der Waals surface area contributed by atoms with Gasteiger partial charge in [0.15, 0.2) is 5.65 Å². The van der Waals surface area contributed by atoms with Crippen LogP contribution in [-0.2, 0) is 30.3 Å². The first kappa shape index (κ1) is 31.6. The molecule has 45 heavy (non-hydrogen) atoms. The van der Waals surface area contributed by atoms with Crippen molar-refractivity contribution < 1.29 is 14.3 Å². The maximum atomic E-state index is 14.3. The Morgan fingerprint density at radius 2 is 1.93 bits per heavy atom. The SMILES string of the molecule is Cn1nc2ccc(-c3cn(COCC[Si](C)(C)C)c4nc(N5C6CC[C@H]5C[C@H]6NC(=O)OC(C)(C)C)n(C)c(=O)c34)cc2c1Cl. The zero-order chi connectivity index (χ0) is 32.4. The molecule has 4 aromatic rings. The maximum absolute atomic E-state index is 14.3.